The molecule has 0 spiro atoms. The van der Waals surface area contributed by atoms with Gasteiger partial charge in [0.15, 0.2) is 5.13 Å². The molecule has 0 bridgehead atoms. The predicted molar refractivity (Wildman–Crippen MR) is 134 cm³/mol. The lowest BCUT2D eigenvalue weighted by molar-refractivity contribution is 0.0532. The third-order valence-corrected chi connectivity index (χ3v) is 5.61. The molecule has 1 N–H and O–H groups in total. The van der Waals surface area contributed by atoms with Crippen LogP contribution in [0.5, 0.6) is 17.2 Å². The molecule has 11 heteroatoms. The molecule has 0 saturated heterocycles. The SMILES string of the molecule is CCOC(=O)c1cnc(Nc2cc(Oc3ccc(-c4nnc(C)o4)cc3)cc(OC(C)COC)c2)s1. The van der Waals surface area contributed by atoms with E-state index < -0.39 is 5.97 Å². The van der Waals surface area contributed by atoms with Crippen molar-refractivity contribution in [2.24, 2.45) is 0 Å². The molecule has 1 atom stereocenters. The summed E-state index contributed by atoms with van der Waals surface area (Å²) in [6.45, 7) is 6.14. The van der Waals surface area contributed by atoms with Crippen molar-refractivity contribution in [1.82, 2.24) is 15.2 Å². The van der Waals surface area contributed by atoms with Crippen LogP contribution in [0.3, 0.4) is 0 Å². The molecular weight excluding hydrogens is 484 g/mol. The van der Waals surface area contributed by atoms with E-state index in [1.807, 2.05) is 43.3 Å². The second kappa shape index (κ2) is 11.6. The standard InChI is InChI=1S/C25H26N4O6S/c1-5-32-24(30)22-13-26-25(36-22)27-18-10-20(33-15(2)14-31-4)12-21(11-18)35-19-8-6-17(7-9-19)23-29-28-16(3)34-23/h6-13,15H,5,14H2,1-4H3,(H,26,27). The number of aromatic nitrogens is 3. The molecule has 188 valence electrons. The number of thiazole rings is 1. The van der Waals surface area contributed by atoms with Gasteiger partial charge in [-0.05, 0) is 38.1 Å². The Hall–Kier alpha value is -3.96. The first-order valence-corrected chi connectivity index (χ1v) is 12.0. The van der Waals surface area contributed by atoms with Crippen molar-refractivity contribution in [3.8, 4) is 28.7 Å². The number of ether oxygens (including phenoxy) is 4. The van der Waals surface area contributed by atoms with Gasteiger partial charge in [0, 0.05) is 43.5 Å². The second-order valence-electron chi connectivity index (χ2n) is 7.70. The van der Waals surface area contributed by atoms with Crippen molar-refractivity contribution in [3.63, 3.8) is 0 Å². The number of carbonyl (C=O) groups is 1. The van der Waals surface area contributed by atoms with Crippen LogP contribution in [-0.2, 0) is 9.47 Å². The largest absolute Gasteiger partial charge is 0.488 e. The Morgan fingerprint density at radius 1 is 1.11 bits per heavy atom. The Kier molecular flexibility index (Phi) is 8.13. The van der Waals surface area contributed by atoms with E-state index in [1.54, 1.807) is 27.0 Å². The van der Waals surface area contributed by atoms with E-state index in [9.17, 15) is 4.79 Å². The van der Waals surface area contributed by atoms with Gasteiger partial charge in [-0.3, -0.25) is 0 Å². The summed E-state index contributed by atoms with van der Waals surface area (Å²) in [4.78, 5) is 16.7. The quantitative estimate of drug-likeness (QED) is 0.254. The Bertz CT molecular complexity index is 1300. The van der Waals surface area contributed by atoms with Gasteiger partial charge in [-0.25, -0.2) is 9.78 Å². The minimum absolute atomic E-state index is 0.175. The lowest BCUT2D eigenvalue weighted by Gasteiger charge is -2.16. The highest BCUT2D eigenvalue weighted by atomic mass is 32.1. The minimum Gasteiger partial charge on any atom is -0.488 e. The lowest BCUT2D eigenvalue weighted by atomic mass is 10.2. The van der Waals surface area contributed by atoms with E-state index in [0.29, 0.717) is 57.9 Å². The number of benzene rings is 2. The fourth-order valence-corrected chi connectivity index (χ4v) is 3.97. The summed E-state index contributed by atoms with van der Waals surface area (Å²) in [5.74, 6) is 2.28. The highest BCUT2D eigenvalue weighted by Crippen LogP contribution is 2.33. The van der Waals surface area contributed by atoms with Gasteiger partial charge < -0.3 is 28.7 Å². The zero-order valence-corrected chi connectivity index (χ0v) is 21.1. The summed E-state index contributed by atoms with van der Waals surface area (Å²) in [5.41, 5.74) is 1.46. The van der Waals surface area contributed by atoms with Crippen molar-refractivity contribution in [3.05, 3.63) is 59.4 Å². The maximum atomic E-state index is 12.0. The van der Waals surface area contributed by atoms with Gasteiger partial charge >= 0.3 is 5.97 Å². The molecule has 0 amide bonds. The predicted octanol–water partition coefficient (Wildman–Crippen LogP) is 5.63. The molecular formula is C25H26N4O6S. The maximum Gasteiger partial charge on any atom is 0.350 e. The number of methoxy groups -OCH3 is 1. The summed E-state index contributed by atoms with van der Waals surface area (Å²) in [7, 11) is 1.62. The van der Waals surface area contributed by atoms with E-state index in [4.69, 9.17) is 23.4 Å². The molecule has 4 rings (SSSR count). The summed E-state index contributed by atoms with van der Waals surface area (Å²) in [5, 5.41) is 11.6. The van der Waals surface area contributed by atoms with Crippen LogP contribution in [0.1, 0.15) is 29.4 Å². The van der Waals surface area contributed by atoms with Crippen LogP contribution >= 0.6 is 11.3 Å². The normalized spacial score (nSPS) is 11.7. The van der Waals surface area contributed by atoms with Crippen molar-refractivity contribution in [2.45, 2.75) is 26.9 Å². The number of hydrogen-bond donors (Lipinski definition) is 1. The van der Waals surface area contributed by atoms with Gasteiger partial charge in [0.25, 0.3) is 0 Å². The topological polar surface area (TPSA) is 118 Å². The molecule has 2 aromatic heterocycles. The van der Waals surface area contributed by atoms with Gasteiger partial charge in [-0.1, -0.05) is 11.3 Å². The van der Waals surface area contributed by atoms with E-state index in [2.05, 4.69) is 20.5 Å². The van der Waals surface area contributed by atoms with Crippen LogP contribution in [-0.4, -0.2) is 47.6 Å². The fourth-order valence-electron chi connectivity index (χ4n) is 3.24. The van der Waals surface area contributed by atoms with E-state index in [0.717, 1.165) is 5.56 Å². The summed E-state index contributed by atoms with van der Waals surface area (Å²) in [6, 6.07) is 12.7. The Morgan fingerprint density at radius 2 is 1.89 bits per heavy atom. The van der Waals surface area contributed by atoms with Gasteiger partial charge in [0.1, 0.15) is 28.2 Å². The summed E-state index contributed by atoms with van der Waals surface area (Å²) < 4.78 is 27.8. The number of anilines is 2. The molecule has 0 aliphatic heterocycles. The van der Waals surface area contributed by atoms with Crippen LogP contribution in [0.15, 0.2) is 53.1 Å². The van der Waals surface area contributed by atoms with Gasteiger partial charge in [-0.15, -0.1) is 10.2 Å². The van der Waals surface area contributed by atoms with Crippen molar-refractivity contribution >= 4 is 28.1 Å². The molecule has 10 nitrogen and oxygen atoms in total. The van der Waals surface area contributed by atoms with Crippen LogP contribution < -0.4 is 14.8 Å². The first kappa shape index (κ1) is 25.1. The first-order chi connectivity index (χ1) is 17.4. The van der Waals surface area contributed by atoms with Crippen molar-refractivity contribution in [1.29, 1.82) is 0 Å². The van der Waals surface area contributed by atoms with Gasteiger partial charge in [0.2, 0.25) is 11.8 Å². The molecule has 0 aliphatic carbocycles. The zero-order valence-electron chi connectivity index (χ0n) is 20.3. The third-order valence-electron chi connectivity index (χ3n) is 4.72. The molecule has 0 radical (unpaired) electrons. The maximum absolute atomic E-state index is 12.0. The Labute approximate surface area is 212 Å². The number of nitrogens with zero attached hydrogens (tertiary/aromatic N) is 3. The van der Waals surface area contributed by atoms with Gasteiger partial charge in [0.05, 0.1) is 19.4 Å². The van der Waals surface area contributed by atoms with Crippen LogP contribution in [0, 0.1) is 6.92 Å². The Balaban J connectivity index is 1.55. The molecule has 4 aromatic rings. The van der Waals surface area contributed by atoms with Crippen LogP contribution in [0.2, 0.25) is 0 Å². The number of carbonyl (C=O) groups excluding carboxylic acids is 1. The third kappa shape index (κ3) is 6.58. The summed E-state index contributed by atoms with van der Waals surface area (Å²) >= 11 is 1.20. The highest BCUT2D eigenvalue weighted by Gasteiger charge is 2.14. The number of esters is 1. The van der Waals surface area contributed by atoms with E-state index in [-0.39, 0.29) is 6.10 Å². The average Bonchev–Trinajstić information content (AvgIpc) is 3.49. The van der Waals surface area contributed by atoms with Crippen molar-refractivity contribution in [2.75, 3.05) is 25.6 Å². The summed E-state index contributed by atoms with van der Waals surface area (Å²) in [6.07, 6.45) is 1.31. The number of hydrogen-bond acceptors (Lipinski definition) is 11. The molecule has 2 aromatic carbocycles. The monoisotopic (exact) mass is 510 g/mol. The number of aryl methyl sites for hydroxylation is 1. The highest BCUT2D eigenvalue weighted by molar-refractivity contribution is 7.17. The molecule has 2 heterocycles. The molecule has 0 saturated carbocycles. The number of nitrogens with one attached hydrogen (secondary N) is 1. The van der Waals surface area contributed by atoms with Crippen molar-refractivity contribution < 1.29 is 28.2 Å². The van der Waals surface area contributed by atoms with E-state index in [1.165, 1.54) is 17.5 Å². The molecule has 1 unspecified atom stereocenters. The first-order valence-electron chi connectivity index (χ1n) is 11.2. The molecule has 36 heavy (non-hydrogen) atoms. The zero-order chi connectivity index (χ0) is 25.5. The molecule has 0 fully saturated rings. The lowest BCUT2D eigenvalue weighted by Crippen LogP contribution is -2.18. The Morgan fingerprint density at radius 3 is 2.58 bits per heavy atom. The van der Waals surface area contributed by atoms with Gasteiger partial charge in [-0.2, -0.15) is 0 Å². The molecule has 0 aliphatic rings. The smallest absolute Gasteiger partial charge is 0.350 e. The van der Waals surface area contributed by atoms with E-state index >= 15 is 0 Å². The van der Waals surface area contributed by atoms with Crippen LogP contribution in [0.4, 0.5) is 10.8 Å². The van der Waals surface area contributed by atoms with Crippen LogP contribution in [0.25, 0.3) is 11.5 Å². The minimum atomic E-state index is -0.406. The number of rotatable bonds is 11. The second-order valence-corrected chi connectivity index (χ2v) is 8.74. The average molecular weight is 511 g/mol. The fraction of sp³-hybridized carbons (Fsp3) is 0.280.